The van der Waals surface area contributed by atoms with Crippen molar-refractivity contribution in [3.05, 3.63) is 63.9 Å². The quantitative estimate of drug-likeness (QED) is 0.0760. The molecule has 6 atom stereocenters. The fourth-order valence-corrected chi connectivity index (χ4v) is 7.71. The van der Waals surface area contributed by atoms with Crippen LogP contribution in [0.25, 0.3) is 16.7 Å². The lowest BCUT2D eigenvalue weighted by Gasteiger charge is -2.44. The molecule has 0 amide bonds. The van der Waals surface area contributed by atoms with Crippen LogP contribution in [0.5, 0.6) is 69.0 Å². The summed E-state index contributed by atoms with van der Waals surface area (Å²) in [7, 11) is 0. The Morgan fingerprint density at radius 1 is 0.544 bits per heavy atom. The molecule has 27 nitrogen and oxygen atoms in total. The molecule has 8 rings (SSSR count). The Morgan fingerprint density at radius 2 is 1.01 bits per heavy atom. The highest BCUT2D eigenvalue weighted by Gasteiger charge is 2.57. The van der Waals surface area contributed by atoms with Crippen molar-refractivity contribution in [2.75, 3.05) is 6.61 Å². The molecule has 4 aliphatic heterocycles. The summed E-state index contributed by atoms with van der Waals surface area (Å²) in [6, 6.07) is 2.26. The number of phenolic OH excluding ortho intramolecular Hbond substituents is 12. The number of hydrogen-bond acceptors (Lipinski definition) is 26. The largest absolute Gasteiger partial charge is 0.504 e. The molecule has 4 aromatic carbocycles. The predicted molar refractivity (Wildman–Crippen MR) is 206 cm³/mol. The van der Waals surface area contributed by atoms with Crippen molar-refractivity contribution < 1.29 is 133 Å². The molecule has 4 aliphatic rings. The van der Waals surface area contributed by atoms with Crippen LogP contribution in [0, 0.1) is 5.92 Å². The second kappa shape index (κ2) is 16.2. The molecular weight excluding hydrogens is 924 g/mol. The number of fused-ring (bicyclic) bond motifs is 6. The number of aromatic hydroxyl groups is 12. The molecule has 4 aromatic rings. The van der Waals surface area contributed by atoms with Crippen LogP contribution in [0.1, 0.15) is 53.4 Å². The monoisotopic (exact) mass is 952 g/mol. The number of benzene rings is 4. The Balaban J connectivity index is 1.40. The molecule has 4 bridgehead atoms. The van der Waals surface area contributed by atoms with Gasteiger partial charge in [-0.3, -0.25) is 9.59 Å². The number of carbonyl (C=O) groups is 7. The summed E-state index contributed by atoms with van der Waals surface area (Å²) in [5.74, 6) is -32.0. The van der Waals surface area contributed by atoms with Crippen molar-refractivity contribution in [3.8, 4) is 80.1 Å². The molecular formula is C41H28O27. The highest BCUT2D eigenvalue weighted by Crippen LogP contribution is 2.54. The minimum atomic E-state index is -2.61. The van der Waals surface area contributed by atoms with E-state index in [-0.39, 0.29) is 0 Å². The summed E-state index contributed by atoms with van der Waals surface area (Å²) in [4.78, 5) is 96.8. The lowest BCUT2D eigenvalue weighted by molar-refractivity contribution is -0.287. The van der Waals surface area contributed by atoms with E-state index in [1.165, 1.54) is 0 Å². The van der Waals surface area contributed by atoms with Crippen molar-refractivity contribution >= 4 is 47.4 Å². The van der Waals surface area contributed by atoms with E-state index in [4.69, 9.17) is 33.2 Å². The second-order valence-corrected chi connectivity index (χ2v) is 14.9. The average molecular weight is 953 g/mol. The van der Waals surface area contributed by atoms with E-state index in [0.717, 1.165) is 0 Å². The van der Waals surface area contributed by atoms with Crippen LogP contribution >= 0.6 is 0 Å². The van der Waals surface area contributed by atoms with E-state index in [9.17, 15) is 99.9 Å². The van der Waals surface area contributed by atoms with E-state index in [1.807, 2.05) is 0 Å². The van der Waals surface area contributed by atoms with E-state index >= 15 is 0 Å². The summed E-state index contributed by atoms with van der Waals surface area (Å²) >= 11 is 0. The number of carboxylic acids is 1. The van der Waals surface area contributed by atoms with Gasteiger partial charge in [-0.05, 0) is 30.3 Å². The van der Waals surface area contributed by atoms with Gasteiger partial charge in [0.05, 0.1) is 34.6 Å². The van der Waals surface area contributed by atoms with Crippen molar-refractivity contribution in [1.29, 1.82) is 0 Å². The third-order valence-corrected chi connectivity index (χ3v) is 10.8. The van der Waals surface area contributed by atoms with Crippen LogP contribution in [0.2, 0.25) is 0 Å². The Bertz CT molecular complexity index is 2980. The van der Waals surface area contributed by atoms with Crippen LogP contribution < -0.4 is 0 Å². The number of carboxylic acid groups (broad SMARTS) is 1. The van der Waals surface area contributed by atoms with Crippen LogP contribution in [-0.2, 0) is 47.5 Å². The van der Waals surface area contributed by atoms with Crippen LogP contribution in [-0.4, -0.2) is 145 Å². The SMILES string of the molecule is O=C1CC2C(=O)OC3C4COC(=O)c5cc(O)c(O)c(O)c5-c5c(cc(O)c(O)c5O)C(=O)OC3C(OC(=O)c3cc(O)c(O)c(O)c3C2=C(C(=O)O)O1)C(OC(=O)c1cc(O)c(O)c(O)c1)O4. The van der Waals surface area contributed by atoms with Gasteiger partial charge in [0.1, 0.15) is 12.7 Å². The number of hydrogen-bond donors (Lipinski definition) is 13. The molecule has 1 saturated heterocycles. The van der Waals surface area contributed by atoms with Crippen LogP contribution in [0.3, 0.4) is 0 Å². The first-order valence-corrected chi connectivity index (χ1v) is 18.9. The van der Waals surface area contributed by atoms with E-state index in [0.29, 0.717) is 30.3 Å². The summed E-state index contributed by atoms with van der Waals surface area (Å²) in [6.45, 7) is -1.31. The molecule has 0 saturated carbocycles. The Morgan fingerprint density at radius 3 is 1.54 bits per heavy atom. The minimum Gasteiger partial charge on any atom is -0.504 e. The molecule has 6 unspecified atom stereocenters. The molecule has 0 aromatic heterocycles. The van der Waals surface area contributed by atoms with Gasteiger partial charge >= 0.3 is 41.8 Å². The predicted octanol–water partition coefficient (Wildman–Crippen LogP) is 0.608. The number of carbonyl (C=O) groups excluding carboxylic acids is 6. The molecule has 0 spiro atoms. The van der Waals surface area contributed by atoms with Gasteiger partial charge in [0.25, 0.3) is 0 Å². The third-order valence-electron chi connectivity index (χ3n) is 10.8. The van der Waals surface area contributed by atoms with Gasteiger partial charge in [-0.15, -0.1) is 0 Å². The first-order valence-electron chi connectivity index (χ1n) is 18.9. The normalized spacial score (nSPS) is 22.3. The number of ether oxygens (including phenoxy) is 7. The second-order valence-electron chi connectivity index (χ2n) is 14.9. The molecule has 68 heavy (non-hydrogen) atoms. The molecule has 0 aliphatic carbocycles. The number of rotatable bonds is 3. The number of cyclic esters (lactones) is 2. The zero-order valence-electron chi connectivity index (χ0n) is 33.3. The summed E-state index contributed by atoms with van der Waals surface area (Å²) in [5, 5.41) is 137. The third kappa shape index (κ3) is 7.19. The van der Waals surface area contributed by atoms with Crippen molar-refractivity contribution in [3.63, 3.8) is 0 Å². The van der Waals surface area contributed by atoms with E-state index < -0.39 is 211 Å². The summed E-state index contributed by atoms with van der Waals surface area (Å²) in [5.41, 5.74) is -8.60. The maximum atomic E-state index is 14.6. The number of aliphatic carboxylic acids is 1. The van der Waals surface area contributed by atoms with Gasteiger partial charge in [-0.2, -0.15) is 0 Å². The fraction of sp³-hybridized carbons (Fsp3) is 0.195. The van der Waals surface area contributed by atoms with Gasteiger partial charge in [0.15, 0.2) is 64.0 Å². The van der Waals surface area contributed by atoms with Gasteiger partial charge < -0.3 is 99.5 Å². The van der Waals surface area contributed by atoms with Gasteiger partial charge in [0.2, 0.25) is 35.4 Å². The molecule has 13 N–H and O–H groups in total. The smallest absolute Gasteiger partial charge is 0.372 e. The Labute approximate surface area is 373 Å². The molecule has 1 fully saturated rings. The van der Waals surface area contributed by atoms with Crippen LogP contribution in [0.15, 0.2) is 36.1 Å². The molecule has 27 heteroatoms. The van der Waals surface area contributed by atoms with Crippen LogP contribution in [0.4, 0.5) is 0 Å². The maximum absolute atomic E-state index is 14.6. The van der Waals surface area contributed by atoms with Crippen molar-refractivity contribution in [2.45, 2.75) is 37.1 Å². The lowest BCUT2D eigenvalue weighted by atomic mass is 9.84. The molecule has 354 valence electrons. The Kier molecular flexibility index (Phi) is 10.7. The average Bonchev–Trinajstić information content (AvgIpc) is 3.29. The van der Waals surface area contributed by atoms with E-state index in [1.54, 1.807) is 0 Å². The highest BCUT2D eigenvalue weighted by molar-refractivity contribution is 6.11. The summed E-state index contributed by atoms with van der Waals surface area (Å²) in [6.07, 6.45) is -13.6. The maximum Gasteiger partial charge on any atom is 0.372 e. The van der Waals surface area contributed by atoms with Gasteiger partial charge in [-0.25, -0.2) is 24.0 Å². The first-order chi connectivity index (χ1) is 32.0. The molecule has 4 heterocycles. The minimum absolute atomic E-state index is 0.359. The summed E-state index contributed by atoms with van der Waals surface area (Å²) < 4.78 is 38.6. The standard InChI is InChI=1S/C41H28O27/c42-13-1-8(2-14(43)24(13)48)36(57)68-41-34-33-31(65-40(61)12-6-19(47)64-32(35(55)56)23(12)22-11(39(60)67-34)5-17(46)27(51)30(22)54)18(63-41)7-62-37(58)9-3-15(44)25(49)28(52)20(9)21-10(38(59)66-33)4-16(45)26(50)29(21)53/h1-5,12,18,31,33-34,41-46,48-54H,6-7H2,(H,55,56). The van der Waals surface area contributed by atoms with E-state index in [2.05, 4.69) is 0 Å². The first kappa shape index (κ1) is 45.1. The zero-order chi connectivity index (χ0) is 49.5. The van der Waals surface area contributed by atoms with Crippen molar-refractivity contribution in [2.24, 2.45) is 5.92 Å². The van der Waals surface area contributed by atoms with Gasteiger partial charge in [-0.1, -0.05) is 0 Å². The number of esters is 6. The zero-order valence-corrected chi connectivity index (χ0v) is 33.3. The van der Waals surface area contributed by atoms with Crippen molar-refractivity contribution in [1.82, 2.24) is 0 Å². The molecule has 0 radical (unpaired) electrons. The Hall–Kier alpha value is -9.53. The topological polar surface area (TPSA) is 447 Å². The lowest BCUT2D eigenvalue weighted by Crippen LogP contribution is -2.63. The van der Waals surface area contributed by atoms with Gasteiger partial charge in [0, 0.05) is 22.3 Å². The number of phenols is 12. The fourth-order valence-electron chi connectivity index (χ4n) is 7.71. The highest BCUT2D eigenvalue weighted by atomic mass is 16.7.